The molecule has 4 aliphatic heterocycles. The van der Waals surface area contributed by atoms with Crippen LogP contribution < -0.4 is 5.73 Å². The van der Waals surface area contributed by atoms with Gasteiger partial charge in [-0.05, 0) is 26.0 Å². The van der Waals surface area contributed by atoms with Crippen LogP contribution in [0.5, 0.6) is 0 Å². The van der Waals surface area contributed by atoms with Crippen molar-refractivity contribution in [2.45, 2.75) is 100 Å². The van der Waals surface area contributed by atoms with Crippen molar-refractivity contribution in [3.05, 3.63) is 71.0 Å². The minimum atomic E-state index is -1.84. The van der Waals surface area contributed by atoms with E-state index in [1.807, 2.05) is 0 Å². The van der Waals surface area contributed by atoms with Gasteiger partial charge in [0.1, 0.15) is 66.2 Å². The van der Waals surface area contributed by atoms with Gasteiger partial charge in [-0.15, -0.1) is 0 Å². The lowest BCUT2D eigenvalue weighted by atomic mass is 10.0. The summed E-state index contributed by atoms with van der Waals surface area (Å²) in [5, 5.41) is 65.0. The van der Waals surface area contributed by atoms with Crippen LogP contribution in [-0.2, 0) is 42.8 Å². The van der Waals surface area contributed by atoms with Gasteiger partial charge in [-0.25, -0.2) is 0 Å². The van der Waals surface area contributed by atoms with Crippen LogP contribution in [0.4, 0.5) is 0 Å². The van der Waals surface area contributed by atoms with E-state index in [0.29, 0.717) is 5.03 Å². The van der Waals surface area contributed by atoms with Gasteiger partial charge in [-0.3, -0.25) is 19.3 Å². The Hall–Kier alpha value is -3.30. The molecule has 0 saturated carbocycles. The summed E-state index contributed by atoms with van der Waals surface area (Å²) < 4.78 is 33.6. The lowest BCUT2D eigenvalue weighted by molar-refractivity contribution is -0.338. The lowest BCUT2D eigenvalue weighted by Crippen LogP contribution is -2.65. The number of aliphatic hydroxyl groups excluding tert-OH is 6. The van der Waals surface area contributed by atoms with Crippen LogP contribution in [0.25, 0.3) is 0 Å². The van der Waals surface area contributed by atoms with E-state index in [4.69, 9.17) is 45.8 Å². The van der Waals surface area contributed by atoms with Crippen LogP contribution >= 0.6 is 11.6 Å². The van der Waals surface area contributed by atoms with E-state index in [1.165, 1.54) is 19.3 Å². The summed E-state index contributed by atoms with van der Waals surface area (Å²) in [6.45, 7) is 2.38. The second-order valence-electron chi connectivity index (χ2n) is 12.4. The summed E-state index contributed by atoms with van der Waals surface area (Å²) in [6.07, 6.45) is -3.53. The number of likely N-dealkylation sites (tertiary alicyclic amines) is 1. The quantitative estimate of drug-likeness (QED) is 0.0508. The summed E-state index contributed by atoms with van der Waals surface area (Å²) in [6, 6.07) is -1.61. The largest absolute Gasteiger partial charge is 0.507 e. The predicted octanol–water partition coefficient (Wildman–Crippen LogP) is -1.13. The molecule has 2 amide bonds. The van der Waals surface area contributed by atoms with E-state index in [1.54, 1.807) is 50.3 Å². The first kappa shape index (κ1) is 41.5. The number of carbonyl (C=O) groups is 3. The van der Waals surface area contributed by atoms with Crippen LogP contribution in [0.2, 0.25) is 0 Å². The predicted molar refractivity (Wildman–Crippen MR) is 180 cm³/mol. The SMILES string of the molecule is CO[C@@H]1[C@H](O[C@@H]2CO[C@@H](O[C@@H]3[C@@H](O)[C@H](O)CO[C@H]3N3C(=O)/C(=C(O)/C=C/C=C/C=C/C=C/C=C(/C)Cl)C(=O)[C@@H]3CC(N)=O)[C@@H](O)[C@@H]2O)O[C@H](C)[C@H]1O. The molecule has 0 unspecified atom stereocenters. The standard InChI is InChI=1S/C34H45ClN2O15/c1-16(35)11-9-7-5-4-6-8-10-12-19(38)23-25(42)18(13-22(36)40)37(31(23)46)32-29(26(43)20(39)14-48-32)52-33-28(45)27(44)21(15-49-33)51-34-30(47-3)24(41)17(2)50-34/h4-12,17-18,20-21,24,26-30,32-34,38-39,41,43-45H,13-15H2,1-3H3,(H2,36,40)/b5-4+,8-6+,9-7+,12-10+,16-11-,23-19-/t17-,18+,20-,21-,24-,26+,27-,28+,29-,30+,32-,33+,34+/m1/s1. The molecule has 18 heteroatoms. The first-order valence-corrected chi connectivity index (χ1v) is 16.8. The van der Waals surface area contributed by atoms with Crippen LogP contribution in [0.15, 0.2) is 71.0 Å². The Bertz CT molecular complexity index is 1480. The lowest BCUT2D eigenvalue weighted by Gasteiger charge is -2.46. The molecule has 8 N–H and O–H groups in total. The third kappa shape index (κ3) is 9.62. The van der Waals surface area contributed by atoms with Crippen LogP contribution in [0.1, 0.15) is 20.3 Å². The molecular formula is C34H45ClN2O15. The average molecular weight is 757 g/mol. The van der Waals surface area contributed by atoms with Crippen molar-refractivity contribution in [2.75, 3.05) is 20.3 Å². The molecule has 52 heavy (non-hydrogen) atoms. The van der Waals surface area contributed by atoms with Gasteiger partial charge in [0.05, 0.1) is 25.7 Å². The summed E-state index contributed by atoms with van der Waals surface area (Å²) in [5.41, 5.74) is 4.70. The van der Waals surface area contributed by atoms with Gasteiger partial charge in [0.25, 0.3) is 5.91 Å². The number of ether oxygens (including phenoxy) is 6. The van der Waals surface area contributed by atoms with Crippen molar-refractivity contribution in [2.24, 2.45) is 5.73 Å². The topological polar surface area (TPSA) is 257 Å². The Balaban J connectivity index is 1.52. The summed E-state index contributed by atoms with van der Waals surface area (Å²) in [4.78, 5) is 40.1. The summed E-state index contributed by atoms with van der Waals surface area (Å²) >= 11 is 5.75. The maximum absolute atomic E-state index is 13.8. The van der Waals surface area contributed by atoms with E-state index in [-0.39, 0.29) is 0 Å². The van der Waals surface area contributed by atoms with Gasteiger partial charge >= 0.3 is 0 Å². The average Bonchev–Trinajstić information content (AvgIpc) is 3.49. The number of amides is 2. The number of nitrogens with zero attached hydrogens (tertiary/aromatic N) is 1. The highest BCUT2D eigenvalue weighted by Crippen LogP contribution is 2.35. The molecule has 0 radical (unpaired) electrons. The Morgan fingerprint density at radius 1 is 0.904 bits per heavy atom. The van der Waals surface area contributed by atoms with Gasteiger partial charge in [0.2, 0.25) is 5.91 Å². The minimum absolute atomic E-state index is 0.398. The highest BCUT2D eigenvalue weighted by molar-refractivity contribution is 6.29. The van der Waals surface area contributed by atoms with Crippen molar-refractivity contribution in [1.29, 1.82) is 0 Å². The van der Waals surface area contributed by atoms with Crippen LogP contribution in [0, 0.1) is 0 Å². The number of nitrogens with two attached hydrogens (primary N) is 1. The normalized spacial score (nSPS) is 38.9. The number of rotatable bonds is 13. The number of primary amides is 1. The zero-order chi connectivity index (χ0) is 38.3. The molecular weight excluding hydrogens is 712 g/mol. The number of halogens is 1. The van der Waals surface area contributed by atoms with Gasteiger partial charge in [0.15, 0.2) is 24.6 Å². The van der Waals surface area contributed by atoms with Crippen molar-refractivity contribution < 1.29 is 73.4 Å². The van der Waals surface area contributed by atoms with E-state index >= 15 is 0 Å². The highest BCUT2D eigenvalue weighted by atomic mass is 35.5. The molecule has 4 fully saturated rings. The Morgan fingerprint density at radius 2 is 1.56 bits per heavy atom. The Kier molecular flexibility index (Phi) is 14.9. The van der Waals surface area contributed by atoms with Gasteiger partial charge in [0, 0.05) is 12.1 Å². The van der Waals surface area contributed by atoms with Crippen LogP contribution in [0.3, 0.4) is 0 Å². The third-order valence-electron chi connectivity index (χ3n) is 8.70. The second kappa shape index (κ2) is 18.6. The molecule has 0 aliphatic carbocycles. The molecule has 17 nitrogen and oxygen atoms in total. The maximum atomic E-state index is 13.8. The molecule has 0 spiro atoms. The maximum Gasteiger partial charge on any atom is 0.264 e. The van der Waals surface area contributed by atoms with Crippen molar-refractivity contribution in [1.82, 2.24) is 4.90 Å². The smallest absolute Gasteiger partial charge is 0.264 e. The number of aliphatic hydroxyl groups is 6. The van der Waals surface area contributed by atoms with E-state index in [9.17, 15) is 45.0 Å². The minimum Gasteiger partial charge on any atom is -0.507 e. The number of allylic oxidation sites excluding steroid dienone is 10. The number of ketones is 1. The second-order valence-corrected chi connectivity index (χ2v) is 13.0. The number of hydrogen-bond donors (Lipinski definition) is 7. The van der Waals surface area contributed by atoms with Gasteiger partial charge in [-0.1, -0.05) is 54.1 Å². The van der Waals surface area contributed by atoms with Gasteiger partial charge in [-0.2, -0.15) is 0 Å². The monoisotopic (exact) mass is 756 g/mol. The zero-order valence-electron chi connectivity index (χ0n) is 28.6. The molecule has 288 valence electrons. The molecule has 0 bridgehead atoms. The molecule has 4 heterocycles. The van der Waals surface area contributed by atoms with Crippen molar-refractivity contribution in [3.8, 4) is 0 Å². The van der Waals surface area contributed by atoms with E-state index in [2.05, 4.69) is 0 Å². The zero-order valence-corrected chi connectivity index (χ0v) is 29.3. The first-order valence-electron chi connectivity index (χ1n) is 16.4. The van der Waals surface area contributed by atoms with Crippen molar-refractivity contribution >= 4 is 29.2 Å². The Morgan fingerprint density at radius 3 is 2.19 bits per heavy atom. The third-order valence-corrected chi connectivity index (χ3v) is 8.82. The highest BCUT2D eigenvalue weighted by Gasteiger charge is 2.56. The fourth-order valence-corrected chi connectivity index (χ4v) is 6.05. The molecule has 13 atom stereocenters. The van der Waals surface area contributed by atoms with Gasteiger partial charge < -0.3 is 64.8 Å². The fourth-order valence-electron chi connectivity index (χ4n) is 5.97. The molecule has 4 rings (SSSR count). The van der Waals surface area contributed by atoms with E-state index in [0.717, 1.165) is 11.0 Å². The molecule has 0 aromatic heterocycles. The number of methoxy groups -OCH3 is 1. The first-order chi connectivity index (χ1) is 24.7. The number of Topliss-reactive ketones (excluding diaryl/α,β-unsaturated/α-hetero) is 1. The number of carbonyl (C=O) groups excluding carboxylic acids is 3. The molecule has 4 saturated heterocycles. The summed E-state index contributed by atoms with van der Waals surface area (Å²) in [5.74, 6) is -3.79. The molecule has 0 aromatic carbocycles. The number of hydrogen-bond acceptors (Lipinski definition) is 15. The van der Waals surface area contributed by atoms with Crippen molar-refractivity contribution in [3.63, 3.8) is 0 Å². The molecule has 4 aliphatic rings. The Labute approximate surface area is 304 Å². The fraction of sp³-hybridized carbons (Fsp3) is 0.559. The van der Waals surface area contributed by atoms with E-state index < -0.39 is 128 Å². The summed E-state index contributed by atoms with van der Waals surface area (Å²) in [7, 11) is 1.34. The molecule has 0 aromatic rings. The van der Waals surface area contributed by atoms with Crippen LogP contribution in [-0.4, -0.2) is 153 Å².